The van der Waals surface area contributed by atoms with Crippen molar-refractivity contribution in [3.05, 3.63) is 12.3 Å². The topological polar surface area (TPSA) is 75.3 Å². The lowest BCUT2D eigenvalue weighted by Crippen LogP contribution is -2.33. The molecule has 0 aliphatic rings. The molecule has 0 saturated heterocycles. The summed E-state index contributed by atoms with van der Waals surface area (Å²) >= 11 is 0. The molecular weight excluding hydrogens is 192 g/mol. The molecule has 0 radical (unpaired) electrons. The van der Waals surface area contributed by atoms with Gasteiger partial charge in [0.1, 0.15) is 5.82 Å². The van der Waals surface area contributed by atoms with Crippen molar-refractivity contribution in [1.82, 2.24) is 9.97 Å². The van der Waals surface area contributed by atoms with Gasteiger partial charge < -0.3 is 15.7 Å². The number of aliphatic hydroxyl groups is 1. The number of anilines is 2. The molecule has 15 heavy (non-hydrogen) atoms. The largest absolute Gasteiger partial charge is 0.396 e. The molecule has 1 rings (SSSR count). The average molecular weight is 210 g/mol. The van der Waals surface area contributed by atoms with E-state index in [-0.39, 0.29) is 6.61 Å². The second-order valence-electron chi connectivity index (χ2n) is 3.65. The third-order valence-corrected chi connectivity index (χ3v) is 2.10. The van der Waals surface area contributed by atoms with Crippen molar-refractivity contribution in [2.45, 2.75) is 26.3 Å². The number of rotatable bonds is 5. The van der Waals surface area contributed by atoms with Crippen LogP contribution in [0.2, 0.25) is 0 Å². The van der Waals surface area contributed by atoms with Gasteiger partial charge in [-0.1, -0.05) is 0 Å². The van der Waals surface area contributed by atoms with Crippen LogP contribution < -0.4 is 10.6 Å². The Hall–Kier alpha value is -1.36. The number of nitrogens with zero attached hydrogens (tertiary/aromatic N) is 3. The first-order valence-corrected chi connectivity index (χ1v) is 5.11. The van der Waals surface area contributed by atoms with Crippen molar-refractivity contribution in [2.24, 2.45) is 0 Å². The molecule has 1 heterocycles. The smallest absolute Gasteiger partial charge is 0.227 e. The van der Waals surface area contributed by atoms with Gasteiger partial charge in [0.05, 0.1) is 0 Å². The van der Waals surface area contributed by atoms with Crippen molar-refractivity contribution in [3.8, 4) is 0 Å². The maximum absolute atomic E-state index is 8.81. The summed E-state index contributed by atoms with van der Waals surface area (Å²) in [7, 11) is 0. The van der Waals surface area contributed by atoms with Gasteiger partial charge >= 0.3 is 0 Å². The van der Waals surface area contributed by atoms with Crippen LogP contribution in [0.1, 0.15) is 20.3 Å². The predicted octanol–water partition coefficient (Wildman–Crippen LogP) is 0.656. The quantitative estimate of drug-likeness (QED) is 0.746. The van der Waals surface area contributed by atoms with Crippen LogP contribution >= 0.6 is 0 Å². The molecular formula is C10H18N4O. The molecule has 3 N–H and O–H groups in total. The van der Waals surface area contributed by atoms with Gasteiger partial charge in [0.2, 0.25) is 5.95 Å². The minimum atomic E-state index is 0.172. The van der Waals surface area contributed by atoms with Crippen LogP contribution in [0.4, 0.5) is 11.8 Å². The molecule has 0 saturated carbocycles. The molecule has 0 spiro atoms. The lowest BCUT2D eigenvalue weighted by Gasteiger charge is -2.26. The summed E-state index contributed by atoms with van der Waals surface area (Å²) in [6, 6.07) is 1.95. The highest BCUT2D eigenvalue weighted by Gasteiger charge is 2.12. The third kappa shape index (κ3) is 3.36. The van der Waals surface area contributed by atoms with E-state index in [0.29, 0.717) is 24.2 Å². The minimum Gasteiger partial charge on any atom is -0.396 e. The molecule has 0 aromatic carbocycles. The van der Waals surface area contributed by atoms with E-state index in [1.54, 1.807) is 12.3 Å². The maximum Gasteiger partial charge on any atom is 0.227 e. The van der Waals surface area contributed by atoms with Crippen LogP contribution in [0.15, 0.2) is 12.3 Å². The molecule has 0 atom stereocenters. The van der Waals surface area contributed by atoms with Gasteiger partial charge in [-0.2, -0.15) is 4.98 Å². The van der Waals surface area contributed by atoms with E-state index >= 15 is 0 Å². The summed E-state index contributed by atoms with van der Waals surface area (Å²) in [4.78, 5) is 10.3. The number of nitrogen functional groups attached to an aromatic ring is 1. The summed E-state index contributed by atoms with van der Waals surface area (Å²) < 4.78 is 0. The van der Waals surface area contributed by atoms with Gasteiger partial charge in [-0.05, 0) is 26.3 Å². The Morgan fingerprint density at radius 3 is 2.80 bits per heavy atom. The normalized spacial score (nSPS) is 10.7. The second-order valence-corrected chi connectivity index (χ2v) is 3.65. The molecule has 1 aromatic heterocycles. The number of aliphatic hydroxyl groups excluding tert-OH is 1. The van der Waals surface area contributed by atoms with Crippen molar-refractivity contribution in [2.75, 3.05) is 23.8 Å². The van der Waals surface area contributed by atoms with Crippen LogP contribution in [0, 0.1) is 0 Å². The summed E-state index contributed by atoms with van der Waals surface area (Å²) in [5, 5.41) is 8.81. The summed E-state index contributed by atoms with van der Waals surface area (Å²) in [6.45, 7) is 5.02. The van der Waals surface area contributed by atoms with Gasteiger partial charge in [-0.25, -0.2) is 4.98 Å². The van der Waals surface area contributed by atoms with Gasteiger partial charge in [0.25, 0.3) is 0 Å². The van der Waals surface area contributed by atoms with E-state index in [1.165, 1.54) is 0 Å². The van der Waals surface area contributed by atoms with Crippen molar-refractivity contribution < 1.29 is 5.11 Å². The van der Waals surface area contributed by atoms with Crippen LogP contribution in [0.3, 0.4) is 0 Å². The van der Waals surface area contributed by atoms with Crippen LogP contribution in [0.25, 0.3) is 0 Å². The van der Waals surface area contributed by atoms with Crippen LogP contribution in [-0.4, -0.2) is 34.3 Å². The molecule has 5 heteroatoms. The van der Waals surface area contributed by atoms with E-state index in [4.69, 9.17) is 10.8 Å². The Morgan fingerprint density at radius 2 is 2.27 bits per heavy atom. The van der Waals surface area contributed by atoms with Crippen LogP contribution in [0.5, 0.6) is 0 Å². The number of nitrogens with two attached hydrogens (primary N) is 1. The van der Waals surface area contributed by atoms with E-state index in [1.807, 2.05) is 4.90 Å². The minimum absolute atomic E-state index is 0.172. The standard InChI is InChI=1S/C10H18N4O/c1-8(2)14(6-3-7-15)10-12-5-4-9(11)13-10/h4-5,8,15H,3,6-7H2,1-2H3,(H2,11,12,13). The fraction of sp³-hybridized carbons (Fsp3) is 0.600. The van der Waals surface area contributed by atoms with Gasteiger partial charge in [0, 0.05) is 25.4 Å². The molecule has 0 amide bonds. The molecule has 84 valence electrons. The highest BCUT2D eigenvalue weighted by molar-refractivity contribution is 5.38. The molecule has 0 bridgehead atoms. The van der Waals surface area contributed by atoms with Crippen molar-refractivity contribution >= 4 is 11.8 Å². The third-order valence-electron chi connectivity index (χ3n) is 2.10. The summed E-state index contributed by atoms with van der Waals surface area (Å²) in [5.74, 6) is 1.09. The lowest BCUT2D eigenvalue weighted by molar-refractivity contribution is 0.288. The number of hydrogen-bond acceptors (Lipinski definition) is 5. The lowest BCUT2D eigenvalue weighted by atomic mass is 10.3. The van der Waals surface area contributed by atoms with Gasteiger partial charge in [0.15, 0.2) is 0 Å². The Morgan fingerprint density at radius 1 is 1.53 bits per heavy atom. The van der Waals surface area contributed by atoms with Gasteiger partial charge in [-0.15, -0.1) is 0 Å². The average Bonchev–Trinajstić information content (AvgIpc) is 2.18. The molecule has 0 aliphatic heterocycles. The van der Waals surface area contributed by atoms with E-state index in [2.05, 4.69) is 23.8 Å². The zero-order chi connectivity index (χ0) is 11.3. The first-order chi connectivity index (χ1) is 7.15. The highest BCUT2D eigenvalue weighted by atomic mass is 16.3. The molecule has 0 fully saturated rings. The fourth-order valence-corrected chi connectivity index (χ4v) is 1.33. The van der Waals surface area contributed by atoms with E-state index < -0.39 is 0 Å². The number of hydrogen-bond donors (Lipinski definition) is 2. The Kier molecular flexibility index (Phi) is 4.30. The van der Waals surface area contributed by atoms with E-state index in [9.17, 15) is 0 Å². The second kappa shape index (κ2) is 5.50. The van der Waals surface area contributed by atoms with Crippen LogP contribution in [-0.2, 0) is 0 Å². The predicted molar refractivity (Wildman–Crippen MR) is 60.6 cm³/mol. The van der Waals surface area contributed by atoms with Gasteiger partial charge in [-0.3, -0.25) is 0 Å². The zero-order valence-corrected chi connectivity index (χ0v) is 9.22. The first kappa shape index (κ1) is 11.7. The zero-order valence-electron chi connectivity index (χ0n) is 9.22. The maximum atomic E-state index is 8.81. The number of aromatic nitrogens is 2. The van der Waals surface area contributed by atoms with Crippen molar-refractivity contribution in [3.63, 3.8) is 0 Å². The van der Waals surface area contributed by atoms with E-state index in [0.717, 1.165) is 6.54 Å². The first-order valence-electron chi connectivity index (χ1n) is 5.11. The molecule has 0 unspecified atom stereocenters. The molecule has 5 nitrogen and oxygen atoms in total. The summed E-state index contributed by atoms with van der Waals surface area (Å²) in [6.07, 6.45) is 2.35. The summed E-state index contributed by atoms with van der Waals surface area (Å²) in [5.41, 5.74) is 5.60. The van der Waals surface area contributed by atoms with Crippen molar-refractivity contribution in [1.29, 1.82) is 0 Å². The Bertz CT molecular complexity index is 303. The molecule has 1 aromatic rings. The SMILES string of the molecule is CC(C)N(CCCO)c1nccc(N)n1. The Labute approximate surface area is 90.0 Å². The monoisotopic (exact) mass is 210 g/mol. The molecule has 0 aliphatic carbocycles. The highest BCUT2D eigenvalue weighted by Crippen LogP contribution is 2.12. The fourth-order valence-electron chi connectivity index (χ4n) is 1.33. The Balaban J connectivity index is 2.79.